The molecule has 0 amide bonds. The Morgan fingerprint density at radius 3 is 2.78 bits per heavy atom. The normalized spacial score (nSPS) is 14.9. The van der Waals surface area contributed by atoms with Crippen LogP contribution in [0.3, 0.4) is 0 Å². The maximum Gasteiger partial charge on any atom is 0.0488 e. The van der Waals surface area contributed by atoms with Crippen molar-refractivity contribution in [3.05, 3.63) is 58.9 Å². The molecule has 3 rings (SSSR count). The minimum Gasteiger partial charge on any atom is -0.346 e. The van der Waals surface area contributed by atoms with E-state index in [-0.39, 0.29) is 0 Å². The SMILES string of the molecule is Clc1ccccc1Cn1cccc1CNC1CC1. The third kappa shape index (κ3) is 2.77. The molecule has 0 unspecified atom stereocenters. The molecule has 3 heteroatoms. The van der Waals surface area contributed by atoms with Crippen molar-refractivity contribution >= 4 is 11.6 Å². The zero-order chi connectivity index (χ0) is 12.4. The van der Waals surface area contributed by atoms with Crippen molar-refractivity contribution < 1.29 is 0 Å². The predicted molar refractivity (Wildman–Crippen MR) is 74.8 cm³/mol. The lowest BCUT2D eigenvalue weighted by Gasteiger charge is -2.11. The van der Waals surface area contributed by atoms with Gasteiger partial charge in [0.25, 0.3) is 0 Å². The number of rotatable bonds is 5. The lowest BCUT2D eigenvalue weighted by atomic mass is 10.2. The van der Waals surface area contributed by atoms with Gasteiger partial charge in [0.2, 0.25) is 0 Å². The van der Waals surface area contributed by atoms with Crippen LogP contribution in [0.2, 0.25) is 5.02 Å². The Morgan fingerprint density at radius 2 is 2.00 bits per heavy atom. The highest BCUT2D eigenvalue weighted by atomic mass is 35.5. The van der Waals surface area contributed by atoms with Crippen LogP contribution in [0, 0.1) is 0 Å². The molecule has 2 nitrogen and oxygen atoms in total. The van der Waals surface area contributed by atoms with Gasteiger partial charge in [-0.25, -0.2) is 0 Å². The first-order valence-electron chi connectivity index (χ1n) is 6.44. The summed E-state index contributed by atoms with van der Waals surface area (Å²) in [5.74, 6) is 0. The van der Waals surface area contributed by atoms with Crippen molar-refractivity contribution in [3.8, 4) is 0 Å². The van der Waals surface area contributed by atoms with Gasteiger partial charge in [0.15, 0.2) is 0 Å². The third-order valence-corrected chi connectivity index (χ3v) is 3.74. The first kappa shape index (κ1) is 11.8. The highest BCUT2D eigenvalue weighted by Crippen LogP contribution is 2.20. The van der Waals surface area contributed by atoms with E-state index in [0.29, 0.717) is 0 Å². The molecule has 0 aliphatic heterocycles. The van der Waals surface area contributed by atoms with Gasteiger partial charge in [-0.1, -0.05) is 29.8 Å². The Balaban J connectivity index is 1.71. The number of nitrogens with one attached hydrogen (secondary N) is 1. The summed E-state index contributed by atoms with van der Waals surface area (Å²) >= 11 is 6.20. The van der Waals surface area contributed by atoms with Crippen molar-refractivity contribution in [1.82, 2.24) is 9.88 Å². The molecule has 0 spiro atoms. The second-order valence-corrected chi connectivity index (χ2v) is 5.28. The molecule has 1 aromatic heterocycles. The van der Waals surface area contributed by atoms with E-state index >= 15 is 0 Å². The topological polar surface area (TPSA) is 17.0 Å². The monoisotopic (exact) mass is 260 g/mol. The summed E-state index contributed by atoms with van der Waals surface area (Å²) in [7, 11) is 0. The van der Waals surface area contributed by atoms with E-state index in [4.69, 9.17) is 11.6 Å². The molecule has 1 aliphatic rings. The molecule has 2 aromatic rings. The lowest BCUT2D eigenvalue weighted by Crippen LogP contribution is -2.18. The Morgan fingerprint density at radius 1 is 1.17 bits per heavy atom. The maximum absolute atomic E-state index is 6.20. The largest absolute Gasteiger partial charge is 0.346 e. The maximum atomic E-state index is 6.20. The van der Waals surface area contributed by atoms with Gasteiger partial charge in [-0.3, -0.25) is 0 Å². The Hall–Kier alpha value is -1.25. The fourth-order valence-corrected chi connectivity index (χ4v) is 2.31. The second-order valence-electron chi connectivity index (χ2n) is 4.87. The van der Waals surface area contributed by atoms with Crippen LogP contribution in [0.1, 0.15) is 24.1 Å². The smallest absolute Gasteiger partial charge is 0.0488 e. The van der Waals surface area contributed by atoms with Crippen molar-refractivity contribution in [1.29, 1.82) is 0 Å². The predicted octanol–water partition coefficient (Wildman–Crippen LogP) is 3.44. The fourth-order valence-electron chi connectivity index (χ4n) is 2.11. The molecule has 0 bridgehead atoms. The van der Waals surface area contributed by atoms with Crippen LogP contribution in [0.25, 0.3) is 0 Å². The van der Waals surface area contributed by atoms with E-state index in [0.717, 1.165) is 24.2 Å². The molecule has 94 valence electrons. The number of nitrogens with zero attached hydrogens (tertiary/aromatic N) is 1. The minimum absolute atomic E-state index is 0.744. The first-order valence-corrected chi connectivity index (χ1v) is 6.81. The Kier molecular flexibility index (Phi) is 3.39. The van der Waals surface area contributed by atoms with Crippen LogP contribution in [0.15, 0.2) is 42.6 Å². The molecule has 1 fully saturated rings. The van der Waals surface area contributed by atoms with E-state index in [1.54, 1.807) is 0 Å². The number of benzene rings is 1. The molecular formula is C15H17ClN2. The molecule has 1 N–H and O–H groups in total. The minimum atomic E-state index is 0.744. The number of hydrogen-bond acceptors (Lipinski definition) is 1. The van der Waals surface area contributed by atoms with E-state index in [2.05, 4.69) is 34.3 Å². The average molecular weight is 261 g/mol. The molecule has 0 atom stereocenters. The molecule has 1 saturated carbocycles. The molecule has 0 saturated heterocycles. The average Bonchev–Trinajstić information content (AvgIpc) is 3.10. The first-order chi connectivity index (χ1) is 8.83. The number of hydrogen-bond donors (Lipinski definition) is 1. The van der Waals surface area contributed by atoms with Gasteiger partial charge in [-0.15, -0.1) is 0 Å². The third-order valence-electron chi connectivity index (χ3n) is 3.37. The quantitative estimate of drug-likeness (QED) is 0.871. The summed E-state index contributed by atoms with van der Waals surface area (Å²) in [5.41, 5.74) is 2.49. The Labute approximate surface area is 113 Å². The van der Waals surface area contributed by atoms with Crippen LogP contribution in [-0.4, -0.2) is 10.6 Å². The van der Waals surface area contributed by atoms with Crippen molar-refractivity contribution in [2.75, 3.05) is 0 Å². The standard InChI is InChI=1S/C15H17ClN2/c16-15-6-2-1-4-12(15)11-18-9-3-5-14(18)10-17-13-7-8-13/h1-6,9,13,17H,7-8,10-11H2. The van der Waals surface area contributed by atoms with Gasteiger partial charge in [-0.2, -0.15) is 0 Å². The van der Waals surface area contributed by atoms with E-state index in [1.165, 1.54) is 24.1 Å². The van der Waals surface area contributed by atoms with Crippen LogP contribution < -0.4 is 5.32 Å². The molecular weight excluding hydrogens is 244 g/mol. The summed E-state index contributed by atoms with van der Waals surface area (Å²) in [6, 6.07) is 13.0. The van der Waals surface area contributed by atoms with Gasteiger partial charge in [-0.05, 0) is 36.6 Å². The van der Waals surface area contributed by atoms with Gasteiger partial charge >= 0.3 is 0 Å². The highest BCUT2D eigenvalue weighted by Gasteiger charge is 2.20. The van der Waals surface area contributed by atoms with Crippen molar-refractivity contribution in [2.24, 2.45) is 0 Å². The fraction of sp³-hybridized carbons (Fsp3) is 0.333. The summed E-state index contributed by atoms with van der Waals surface area (Å²) < 4.78 is 2.26. The zero-order valence-electron chi connectivity index (χ0n) is 10.3. The van der Waals surface area contributed by atoms with Crippen molar-refractivity contribution in [3.63, 3.8) is 0 Å². The zero-order valence-corrected chi connectivity index (χ0v) is 11.0. The second kappa shape index (κ2) is 5.17. The number of halogens is 1. The van der Waals surface area contributed by atoms with Crippen LogP contribution >= 0.6 is 11.6 Å². The van der Waals surface area contributed by atoms with Crippen molar-refractivity contribution in [2.45, 2.75) is 32.0 Å². The summed E-state index contributed by atoms with van der Waals surface area (Å²) in [4.78, 5) is 0. The van der Waals surface area contributed by atoms with E-state index in [1.807, 2.05) is 18.2 Å². The van der Waals surface area contributed by atoms with Gasteiger partial charge in [0.05, 0.1) is 0 Å². The van der Waals surface area contributed by atoms with E-state index in [9.17, 15) is 0 Å². The van der Waals surface area contributed by atoms with Crippen LogP contribution in [0.5, 0.6) is 0 Å². The summed E-state index contributed by atoms with van der Waals surface area (Å²) in [5, 5.41) is 4.39. The van der Waals surface area contributed by atoms with Gasteiger partial charge in [0, 0.05) is 36.0 Å². The number of aromatic nitrogens is 1. The highest BCUT2D eigenvalue weighted by molar-refractivity contribution is 6.31. The van der Waals surface area contributed by atoms with E-state index < -0.39 is 0 Å². The molecule has 1 aromatic carbocycles. The molecule has 1 aliphatic carbocycles. The molecule has 1 heterocycles. The van der Waals surface area contributed by atoms with Gasteiger partial charge < -0.3 is 9.88 Å². The Bertz CT molecular complexity index is 529. The lowest BCUT2D eigenvalue weighted by molar-refractivity contribution is 0.634. The van der Waals surface area contributed by atoms with Gasteiger partial charge in [0.1, 0.15) is 0 Å². The van der Waals surface area contributed by atoms with Crippen LogP contribution in [-0.2, 0) is 13.1 Å². The van der Waals surface area contributed by atoms with Crippen LogP contribution in [0.4, 0.5) is 0 Å². The summed E-state index contributed by atoms with van der Waals surface area (Å²) in [6.45, 7) is 1.79. The summed E-state index contributed by atoms with van der Waals surface area (Å²) in [6.07, 6.45) is 4.77. The molecule has 0 radical (unpaired) electrons. The molecule has 18 heavy (non-hydrogen) atoms.